The van der Waals surface area contributed by atoms with Crippen LogP contribution in [0.15, 0.2) is 34.8 Å². The van der Waals surface area contributed by atoms with Crippen molar-refractivity contribution >= 4 is 33.9 Å². The number of carbonyl (C=O) groups is 2. The van der Waals surface area contributed by atoms with Crippen LogP contribution in [0.1, 0.15) is 18.1 Å². The number of carbonyl (C=O) groups excluding carboxylic acids is 2. The van der Waals surface area contributed by atoms with E-state index in [4.69, 9.17) is 9.47 Å². The van der Waals surface area contributed by atoms with Crippen molar-refractivity contribution in [2.75, 3.05) is 27.3 Å². The van der Waals surface area contributed by atoms with Crippen LogP contribution in [-0.2, 0) is 20.7 Å². The molecule has 1 aromatic rings. The fourth-order valence-electron chi connectivity index (χ4n) is 2.11. The number of esters is 1. The Morgan fingerprint density at radius 3 is 2.62 bits per heavy atom. The molecule has 1 rings (SSSR count). The Labute approximate surface area is 161 Å². The Kier molecular flexibility index (Phi) is 8.59. The molecule has 0 aliphatic heterocycles. The first-order valence-corrected chi connectivity index (χ1v) is 8.68. The van der Waals surface area contributed by atoms with Gasteiger partial charge < -0.3 is 14.4 Å². The highest BCUT2D eigenvalue weighted by Crippen LogP contribution is 2.32. The van der Waals surface area contributed by atoms with Gasteiger partial charge in [0.15, 0.2) is 6.61 Å². The van der Waals surface area contributed by atoms with Crippen LogP contribution in [-0.4, -0.2) is 44.1 Å². The van der Waals surface area contributed by atoms with Gasteiger partial charge in [0.05, 0.1) is 11.1 Å². The number of allylic oxidation sites excluding steroid dienone is 1. The Morgan fingerprint density at radius 1 is 1.38 bits per heavy atom. The number of hydrogen-bond acceptors (Lipinski definition) is 5. The molecule has 0 N–H and O–H groups in total. The van der Waals surface area contributed by atoms with Crippen molar-refractivity contribution < 1.29 is 19.1 Å². The zero-order valence-corrected chi connectivity index (χ0v) is 16.6. The highest BCUT2D eigenvalue weighted by molar-refractivity contribution is 9.10. The second-order valence-electron chi connectivity index (χ2n) is 5.45. The number of likely N-dealkylation sites (N-methyl/N-ethyl adjacent to an activating group) is 1. The van der Waals surface area contributed by atoms with E-state index in [1.54, 1.807) is 39.2 Å². The summed E-state index contributed by atoms with van der Waals surface area (Å²) in [6, 6.07) is 5.41. The van der Waals surface area contributed by atoms with Crippen LogP contribution in [0.5, 0.6) is 5.75 Å². The lowest BCUT2D eigenvalue weighted by molar-refractivity contribution is -0.145. The minimum atomic E-state index is -0.462. The molecule has 0 aromatic heterocycles. The molecule has 0 saturated carbocycles. The summed E-state index contributed by atoms with van der Waals surface area (Å²) >= 11 is 3.42. The van der Waals surface area contributed by atoms with E-state index in [0.717, 1.165) is 5.56 Å². The summed E-state index contributed by atoms with van der Waals surface area (Å²) in [7, 11) is 3.16. The molecule has 138 valence electrons. The number of rotatable bonds is 8. The van der Waals surface area contributed by atoms with Gasteiger partial charge in [-0.1, -0.05) is 6.08 Å². The Hall–Kier alpha value is -2.59. The number of hydrogen-bond donors (Lipinski definition) is 0. The standard InChI is InChI=1S/C19H21BrN2O4/c1-5-7-14-8-13(9-15(11-21)19(24)22(3)4)10-16(20)18(14)26-12-17(23)25-6-2/h5,8-10H,1,6-7,12H2,2-4H3/b15-9-. The molecule has 0 fully saturated rings. The average Bonchev–Trinajstić information content (AvgIpc) is 2.58. The van der Waals surface area contributed by atoms with Crippen LogP contribution in [0.3, 0.4) is 0 Å². The lowest BCUT2D eigenvalue weighted by Gasteiger charge is -2.14. The zero-order valence-electron chi connectivity index (χ0n) is 15.0. The van der Waals surface area contributed by atoms with Crippen LogP contribution in [0, 0.1) is 11.3 Å². The first-order valence-electron chi connectivity index (χ1n) is 7.89. The number of nitriles is 1. The third kappa shape index (κ3) is 6.05. The van der Waals surface area contributed by atoms with Crippen LogP contribution in [0.25, 0.3) is 6.08 Å². The number of amides is 1. The minimum absolute atomic E-state index is 0.0200. The normalized spacial score (nSPS) is 10.7. The molecule has 6 nitrogen and oxygen atoms in total. The third-order valence-electron chi connectivity index (χ3n) is 3.21. The maximum absolute atomic E-state index is 12.0. The number of halogens is 1. The van der Waals surface area contributed by atoms with Crippen molar-refractivity contribution in [1.29, 1.82) is 5.26 Å². The lowest BCUT2D eigenvalue weighted by atomic mass is 10.0. The van der Waals surface area contributed by atoms with E-state index < -0.39 is 5.97 Å². The molecule has 0 unspecified atom stereocenters. The first kappa shape index (κ1) is 21.5. The van der Waals surface area contributed by atoms with Crippen molar-refractivity contribution in [3.05, 3.63) is 46.0 Å². The van der Waals surface area contributed by atoms with Gasteiger partial charge >= 0.3 is 5.97 Å². The van der Waals surface area contributed by atoms with Gasteiger partial charge in [-0.25, -0.2) is 4.79 Å². The van der Waals surface area contributed by atoms with Crippen LogP contribution in [0.2, 0.25) is 0 Å². The van der Waals surface area contributed by atoms with Gasteiger partial charge in [-0.15, -0.1) is 6.58 Å². The summed E-state index contributed by atoms with van der Waals surface area (Å²) in [5, 5.41) is 9.23. The number of ether oxygens (including phenoxy) is 2. The molecular formula is C19H21BrN2O4. The van der Waals surface area contributed by atoms with Crippen molar-refractivity contribution in [3.63, 3.8) is 0 Å². The minimum Gasteiger partial charge on any atom is -0.480 e. The fraction of sp³-hybridized carbons (Fsp3) is 0.316. The van der Waals surface area contributed by atoms with Gasteiger partial charge in [-0.3, -0.25) is 4.79 Å². The largest absolute Gasteiger partial charge is 0.480 e. The maximum atomic E-state index is 12.0. The zero-order chi connectivity index (χ0) is 19.7. The lowest BCUT2D eigenvalue weighted by Crippen LogP contribution is -2.22. The molecule has 7 heteroatoms. The molecule has 26 heavy (non-hydrogen) atoms. The fourth-order valence-corrected chi connectivity index (χ4v) is 2.74. The SMILES string of the molecule is C=CCc1cc(/C=C(/C#N)C(=O)N(C)C)cc(Br)c1OCC(=O)OCC. The molecule has 0 aliphatic rings. The van der Waals surface area contributed by atoms with Gasteiger partial charge in [0.25, 0.3) is 5.91 Å². The molecular weight excluding hydrogens is 400 g/mol. The molecule has 0 bridgehead atoms. The van der Waals surface area contributed by atoms with Gasteiger partial charge in [0, 0.05) is 14.1 Å². The Morgan fingerprint density at radius 2 is 2.08 bits per heavy atom. The molecule has 0 saturated heterocycles. The van der Waals surface area contributed by atoms with Crippen LogP contribution < -0.4 is 4.74 Å². The quantitative estimate of drug-likeness (QED) is 0.279. The number of nitrogens with zero attached hydrogens (tertiary/aromatic N) is 2. The molecule has 0 aliphatic carbocycles. The summed E-state index contributed by atoms with van der Waals surface area (Å²) < 4.78 is 11.0. The molecule has 1 amide bonds. The van der Waals surface area contributed by atoms with Crippen molar-refractivity contribution in [3.8, 4) is 11.8 Å². The van der Waals surface area contributed by atoms with Crippen LogP contribution >= 0.6 is 15.9 Å². The molecule has 0 radical (unpaired) electrons. The molecule has 0 spiro atoms. The monoisotopic (exact) mass is 420 g/mol. The summed E-state index contributed by atoms with van der Waals surface area (Å²) in [4.78, 5) is 24.9. The van der Waals surface area contributed by atoms with E-state index in [1.807, 2.05) is 6.07 Å². The maximum Gasteiger partial charge on any atom is 0.344 e. The van der Waals surface area contributed by atoms with Crippen LogP contribution in [0.4, 0.5) is 0 Å². The third-order valence-corrected chi connectivity index (χ3v) is 3.80. The highest BCUT2D eigenvalue weighted by Gasteiger charge is 2.15. The average molecular weight is 421 g/mol. The molecule has 0 heterocycles. The van der Waals surface area contributed by atoms with Gasteiger partial charge in [-0.05, 0) is 58.6 Å². The highest BCUT2D eigenvalue weighted by atomic mass is 79.9. The van der Waals surface area contributed by atoms with E-state index in [2.05, 4.69) is 22.5 Å². The molecule has 0 atom stereocenters. The second kappa shape index (κ2) is 10.4. The summed E-state index contributed by atoms with van der Waals surface area (Å²) in [5.41, 5.74) is 1.44. The number of benzene rings is 1. The summed E-state index contributed by atoms with van der Waals surface area (Å²) in [6.45, 7) is 5.51. The summed E-state index contributed by atoms with van der Waals surface area (Å²) in [6.07, 6.45) is 3.69. The summed E-state index contributed by atoms with van der Waals surface area (Å²) in [5.74, 6) is -0.347. The van der Waals surface area contributed by atoms with Crippen molar-refractivity contribution in [2.24, 2.45) is 0 Å². The molecule has 1 aromatic carbocycles. The first-order chi connectivity index (χ1) is 12.3. The van der Waals surface area contributed by atoms with E-state index in [9.17, 15) is 14.9 Å². The van der Waals surface area contributed by atoms with Gasteiger partial charge in [0.1, 0.15) is 17.4 Å². The van der Waals surface area contributed by atoms with Crippen molar-refractivity contribution in [1.82, 2.24) is 4.90 Å². The Bertz CT molecular complexity index is 764. The predicted molar refractivity (Wildman–Crippen MR) is 102 cm³/mol. The van der Waals surface area contributed by atoms with E-state index >= 15 is 0 Å². The van der Waals surface area contributed by atoms with Gasteiger partial charge in [0.2, 0.25) is 0 Å². The van der Waals surface area contributed by atoms with Gasteiger partial charge in [-0.2, -0.15) is 5.26 Å². The van der Waals surface area contributed by atoms with E-state index in [0.29, 0.717) is 22.2 Å². The van der Waals surface area contributed by atoms with E-state index in [1.165, 1.54) is 11.0 Å². The Balaban J connectivity index is 3.22. The smallest absolute Gasteiger partial charge is 0.344 e. The van der Waals surface area contributed by atoms with E-state index in [-0.39, 0.29) is 24.7 Å². The topological polar surface area (TPSA) is 79.6 Å². The predicted octanol–water partition coefficient (Wildman–Crippen LogP) is 3.11. The second-order valence-corrected chi connectivity index (χ2v) is 6.30. The van der Waals surface area contributed by atoms with Crippen molar-refractivity contribution in [2.45, 2.75) is 13.3 Å².